The van der Waals surface area contributed by atoms with E-state index in [2.05, 4.69) is 23.5 Å². The van der Waals surface area contributed by atoms with E-state index in [1.807, 2.05) is 13.8 Å². The molecule has 3 saturated carbocycles. The zero-order valence-corrected chi connectivity index (χ0v) is 23.4. The van der Waals surface area contributed by atoms with Crippen LogP contribution in [0.5, 0.6) is 0 Å². The molecule has 0 aliphatic heterocycles. The zero-order valence-electron chi connectivity index (χ0n) is 23.4. The molecule has 3 fully saturated rings. The monoisotopic (exact) mass is 544 g/mol. The van der Waals surface area contributed by atoms with Crippen molar-refractivity contribution in [3.63, 3.8) is 0 Å². The van der Waals surface area contributed by atoms with E-state index >= 15 is 0 Å². The van der Waals surface area contributed by atoms with E-state index in [1.165, 1.54) is 24.3 Å². The van der Waals surface area contributed by atoms with Crippen molar-refractivity contribution in [1.82, 2.24) is 0 Å². The highest BCUT2D eigenvalue weighted by Crippen LogP contribution is 2.62. The minimum atomic E-state index is -5.05. The van der Waals surface area contributed by atoms with Crippen molar-refractivity contribution < 1.29 is 27.4 Å². The number of halogens is 3. The van der Waals surface area contributed by atoms with Gasteiger partial charge in [0.05, 0.1) is 0 Å². The summed E-state index contributed by atoms with van der Waals surface area (Å²) in [6.07, 6.45) is -1.80. The molecule has 0 spiro atoms. The number of benzene rings is 1. The summed E-state index contributed by atoms with van der Waals surface area (Å²) < 4.78 is 54.9. The number of methoxy groups -OCH3 is 1. The van der Waals surface area contributed by atoms with Gasteiger partial charge >= 0.3 is 12.1 Å². The lowest BCUT2D eigenvalue weighted by atomic mass is 9.45. The molecule has 212 valence electrons. The quantitative estimate of drug-likeness (QED) is 0.276. The lowest BCUT2D eigenvalue weighted by molar-refractivity contribution is -0.281. The Morgan fingerprint density at radius 1 is 1.10 bits per heavy atom. The molecular formula is C31H39F3N2O3. The predicted molar refractivity (Wildman–Crippen MR) is 141 cm³/mol. The fourth-order valence-corrected chi connectivity index (χ4v) is 8.34. The summed E-state index contributed by atoms with van der Waals surface area (Å²) in [5, 5.41) is 0. The van der Waals surface area contributed by atoms with E-state index in [-0.39, 0.29) is 35.2 Å². The van der Waals surface area contributed by atoms with Gasteiger partial charge in [-0.05, 0) is 43.4 Å². The van der Waals surface area contributed by atoms with Crippen LogP contribution in [0.3, 0.4) is 0 Å². The molecule has 0 aromatic heterocycles. The largest absolute Gasteiger partial charge is 0.459 e. The van der Waals surface area contributed by atoms with Crippen LogP contribution in [0.25, 0.3) is 9.69 Å². The second kappa shape index (κ2) is 10.4. The summed E-state index contributed by atoms with van der Waals surface area (Å²) in [5.41, 5.74) is -4.89. The standard InChI is InChI=1S/C31H39F3N2O3/c1-19-17-21(18-28(3,4)35-5)25-24(15-16-29(36-6)20(2)13-14-23(19)26(25)29)39-27(37)30(38-7,31(32,33)34)22-11-9-8-10-12-22/h8-12,19-21,23-26H,13-18H2,1-4,7H3/t19-,20-,21-,23+,24+,25+,26-,29-,30+/m0/s1. The van der Waals surface area contributed by atoms with Crippen LogP contribution in [0.1, 0.15) is 71.8 Å². The molecule has 3 aliphatic carbocycles. The molecular weight excluding hydrogens is 505 g/mol. The molecule has 0 unspecified atom stereocenters. The van der Waals surface area contributed by atoms with Gasteiger partial charge < -0.3 is 19.2 Å². The molecule has 0 amide bonds. The van der Waals surface area contributed by atoms with Gasteiger partial charge in [-0.15, -0.1) is 0 Å². The molecule has 3 aliphatic rings. The maximum Gasteiger partial charge on any atom is 0.432 e. The Balaban J connectivity index is 1.79. The Kier molecular flexibility index (Phi) is 7.87. The molecule has 0 bridgehead atoms. The van der Waals surface area contributed by atoms with E-state index in [0.29, 0.717) is 25.2 Å². The number of carbonyl (C=O) groups is 1. The summed E-state index contributed by atoms with van der Waals surface area (Å²) in [5.74, 6) is -1.20. The second-order valence-corrected chi connectivity index (χ2v) is 12.7. The van der Waals surface area contributed by atoms with Crippen LogP contribution >= 0.6 is 0 Å². The van der Waals surface area contributed by atoms with Gasteiger partial charge in [-0.1, -0.05) is 44.2 Å². The second-order valence-electron chi connectivity index (χ2n) is 12.7. The number of esters is 1. The van der Waals surface area contributed by atoms with Crippen molar-refractivity contribution in [2.45, 2.75) is 95.2 Å². The first-order valence-corrected chi connectivity index (χ1v) is 13.9. The van der Waals surface area contributed by atoms with Gasteiger partial charge in [0.25, 0.3) is 5.60 Å². The number of hydrogen-bond acceptors (Lipinski definition) is 3. The fraction of sp³-hybridized carbons (Fsp3) is 0.710. The van der Waals surface area contributed by atoms with Crippen molar-refractivity contribution in [2.75, 3.05) is 7.11 Å². The Hall–Kier alpha value is -2.58. The van der Waals surface area contributed by atoms with Gasteiger partial charge in [0, 0.05) is 57.1 Å². The zero-order chi connectivity index (χ0) is 28.8. The average Bonchev–Trinajstić information content (AvgIpc) is 2.88. The Labute approximate surface area is 230 Å². The van der Waals surface area contributed by atoms with Crippen LogP contribution < -0.4 is 0 Å². The highest BCUT2D eigenvalue weighted by atomic mass is 19.4. The maximum absolute atomic E-state index is 14.7. The van der Waals surface area contributed by atoms with Crippen molar-refractivity contribution >= 4 is 5.97 Å². The molecule has 1 aromatic rings. The summed E-state index contributed by atoms with van der Waals surface area (Å²) in [6.45, 7) is 24.1. The molecule has 1 aromatic carbocycles. The first kappa shape index (κ1) is 29.4. The summed E-state index contributed by atoms with van der Waals surface area (Å²) in [4.78, 5) is 21.8. The fourth-order valence-electron chi connectivity index (χ4n) is 8.34. The molecule has 0 N–H and O–H groups in total. The van der Waals surface area contributed by atoms with Gasteiger partial charge in [-0.2, -0.15) is 13.2 Å². The first-order chi connectivity index (χ1) is 18.3. The van der Waals surface area contributed by atoms with Crippen molar-refractivity contribution in [1.29, 1.82) is 0 Å². The number of ether oxygens (including phenoxy) is 2. The third-order valence-electron chi connectivity index (χ3n) is 10.2. The van der Waals surface area contributed by atoms with E-state index in [1.54, 1.807) is 6.07 Å². The number of nitrogens with zero attached hydrogens (tertiary/aromatic N) is 2. The Morgan fingerprint density at radius 3 is 2.33 bits per heavy atom. The van der Waals surface area contributed by atoms with Gasteiger partial charge in [-0.25, -0.2) is 17.9 Å². The van der Waals surface area contributed by atoms with Crippen molar-refractivity contribution in [3.8, 4) is 0 Å². The average molecular weight is 545 g/mol. The molecule has 0 saturated heterocycles. The van der Waals surface area contributed by atoms with Gasteiger partial charge in [0.15, 0.2) is 0 Å². The lowest BCUT2D eigenvalue weighted by Crippen LogP contribution is -2.63. The van der Waals surface area contributed by atoms with E-state index in [9.17, 15) is 18.0 Å². The molecule has 0 heterocycles. The minimum absolute atomic E-state index is 0.0468. The highest BCUT2D eigenvalue weighted by molar-refractivity contribution is 5.83. The van der Waals surface area contributed by atoms with Crippen LogP contribution in [0.4, 0.5) is 13.2 Å². The van der Waals surface area contributed by atoms with Gasteiger partial charge in [-0.3, -0.25) is 0 Å². The molecule has 8 heteroatoms. The number of hydrogen-bond donors (Lipinski definition) is 0. The van der Waals surface area contributed by atoms with Crippen LogP contribution in [0.15, 0.2) is 30.3 Å². The van der Waals surface area contributed by atoms with Crippen LogP contribution in [0.2, 0.25) is 0 Å². The van der Waals surface area contributed by atoms with Crippen LogP contribution in [-0.2, 0) is 19.9 Å². The Bertz CT molecular complexity index is 1140. The number of alkyl halides is 3. The van der Waals surface area contributed by atoms with Crippen LogP contribution in [0, 0.1) is 48.7 Å². The maximum atomic E-state index is 14.7. The smallest absolute Gasteiger partial charge is 0.432 e. The molecule has 39 heavy (non-hydrogen) atoms. The van der Waals surface area contributed by atoms with Crippen LogP contribution in [-0.4, -0.2) is 36.4 Å². The normalized spacial score (nSPS) is 36.0. The third-order valence-corrected chi connectivity index (χ3v) is 10.2. The summed E-state index contributed by atoms with van der Waals surface area (Å²) in [7, 11) is 0.884. The lowest BCUT2D eigenvalue weighted by Gasteiger charge is -2.58. The number of rotatable bonds is 6. The summed E-state index contributed by atoms with van der Waals surface area (Å²) >= 11 is 0. The van der Waals surface area contributed by atoms with Gasteiger partial charge in [0.1, 0.15) is 6.10 Å². The van der Waals surface area contributed by atoms with Crippen molar-refractivity contribution in [2.24, 2.45) is 35.5 Å². The van der Waals surface area contributed by atoms with E-state index in [0.717, 1.165) is 26.4 Å². The Morgan fingerprint density at radius 2 is 1.77 bits per heavy atom. The summed E-state index contributed by atoms with van der Waals surface area (Å²) in [6, 6.07) is 6.91. The molecule has 4 rings (SSSR count). The minimum Gasteiger partial charge on any atom is -0.459 e. The SMILES string of the molecule is [C-]#[N+]C(C)(C)C[C@@H]1C[C@H](C)[C@H]2CC[C@H](C)[C@@]3([N+]#[C-])CC[C@@H](OC(=O)[C@](OC)(c4ccccc4)C(F)(F)F)[C@@H]1[C@H]23. The molecule has 0 radical (unpaired) electrons. The van der Waals surface area contributed by atoms with E-state index < -0.39 is 34.9 Å². The van der Waals surface area contributed by atoms with E-state index in [4.69, 9.17) is 22.6 Å². The first-order valence-electron chi connectivity index (χ1n) is 13.9. The highest BCUT2D eigenvalue weighted by Gasteiger charge is 2.69. The molecule has 5 nitrogen and oxygen atoms in total. The number of carbonyl (C=O) groups excluding carboxylic acids is 1. The predicted octanol–water partition coefficient (Wildman–Crippen LogP) is 7.48. The molecule has 9 atom stereocenters. The van der Waals surface area contributed by atoms with Crippen molar-refractivity contribution in [3.05, 3.63) is 58.7 Å². The van der Waals surface area contributed by atoms with Gasteiger partial charge in [0.2, 0.25) is 11.1 Å². The topological polar surface area (TPSA) is 44.2 Å². The third kappa shape index (κ3) is 4.73.